The zero-order valence-electron chi connectivity index (χ0n) is 10.1. The third-order valence-electron chi connectivity index (χ3n) is 2.51. The summed E-state index contributed by atoms with van der Waals surface area (Å²) in [6.45, 7) is 1.24. The molecule has 1 unspecified atom stereocenters. The Morgan fingerprint density at radius 1 is 1.32 bits per heavy atom. The summed E-state index contributed by atoms with van der Waals surface area (Å²) < 4.78 is 62.9. The number of benzene rings is 1. The van der Waals surface area contributed by atoms with Crippen LogP contribution in [0.1, 0.15) is 12.5 Å². The van der Waals surface area contributed by atoms with Gasteiger partial charge in [-0.3, -0.25) is 4.79 Å². The summed E-state index contributed by atoms with van der Waals surface area (Å²) in [5.41, 5.74) is -0.516. The third-order valence-corrected chi connectivity index (χ3v) is 3.63. The summed E-state index contributed by atoms with van der Waals surface area (Å²) in [7, 11) is -4.25. The number of hydrogen-bond acceptors (Lipinski definition) is 3. The first kappa shape index (κ1) is 15.5. The predicted molar refractivity (Wildman–Crippen MR) is 59.9 cm³/mol. The van der Waals surface area contributed by atoms with Gasteiger partial charge in [0.1, 0.15) is 10.7 Å². The van der Waals surface area contributed by atoms with Crippen LogP contribution in [0.2, 0.25) is 0 Å². The standard InChI is InChI=1S/C11H11F3O4S/c1-5(11(15)16)3-6-4-7(12)10(19(2,17)18)9(14)8(6)13/h4-5H,3H2,1-2H3,(H,15,16). The minimum atomic E-state index is -4.25. The van der Waals surface area contributed by atoms with Crippen LogP contribution in [0.15, 0.2) is 11.0 Å². The van der Waals surface area contributed by atoms with Gasteiger partial charge in [-0.25, -0.2) is 21.6 Å². The summed E-state index contributed by atoms with van der Waals surface area (Å²) in [5.74, 6) is -7.12. The average molecular weight is 296 g/mol. The number of carboxylic acid groups (broad SMARTS) is 1. The molecule has 106 valence electrons. The van der Waals surface area contributed by atoms with E-state index in [1.807, 2.05) is 0 Å². The third kappa shape index (κ3) is 3.25. The van der Waals surface area contributed by atoms with E-state index in [1.165, 1.54) is 6.92 Å². The summed E-state index contributed by atoms with van der Waals surface area (Å²) >= 11 is 0. The van der Waals surface area contributed by atoms with Crippen LogP contribution < -0.4 is 0 Å². The Morgan fingerprint density at radius 3 is 2.26 bits per heavy atom. The predicted octanol–water partition coefficient (Wildman–Crippen LogP) is 1.77. The molecule has 0 saturated heterocycles. The van der Waals surface area contributed by atoms with Gasteiger partial charge in [-0.1, -0.05) is 6.92 Å². The number of sulfone groups is 1. The number of carbonyl (C=O) groups is 1. The summed E-state index contributed by atoms with van der Waals surface area (Å²) in [4.78, 5) is 9.25. The molecule has 0 bridgehead atoms. The lowest BCUT2D eigenvalue weighted by Crippen LogP contribution is -2.15. The van der Waals surface area contributed by atoms with E-state index >= 15 is 0 Å². The molecule has 1 aromatic carbocycles. The zero-order valence-corrected chi connectivity index (χ0v) is 10.9. The first-order valence-corrected chi connectivity index (χ1v) is 7.04. The van der Waals surface area contributed by atoms with Gasteiger partial charge in [-0.2, -0.15) is 0 Å². The summed E-state index contributed by atoms with van der Waals surface area (Å²) in [6, 6.07) is 0.508. The maximum Gasteiger partial charge on any atom is 0.306 e. The molecule has 0 fully saturated rings. The second-order valence-corrected chi connectivity index (χ2v) is 6.14. The highest BCUT2D eigenvalue weighted by Crippen LogP contribution is 2.25. The van der Waals surface area contributed by atoms with Crippen molar-refractivity contribution in [2.75, 3.05) is 6.26 Å². The highest BCUT2D eigenvalue weighted by Gasteiger charge is 2.26. The van der Waals surface area contributed by atoms with Gasteiger partial charge >= 0.3 is 5.97 Å². The van der Waals surface area contributed by atoms with Crippen molar-refractivity contribution in [2.24, 2.45) is 5.92 Å². The molecule has 1 aromatic rings. The van der Waals surface area contributed by atoms with E-state index < -0.39 is 56.1 Å². The van der Waals surface area contributed by atoms with Crippen molar-refractivity contribution in [3.05, 3.63) is 29.1 Å². The van der Waals surface area contributed by atoms with Gasteiger partial charge in [-0.15, -0.1) is 0 Å². The van der Waals surface area contributed by atoms with Crippen LogP contribution in [-0.2, 0) is 21.1 Å². The Labute approximate surface area is 107 Å². The van der Waals surface area contributed by atoms with Crippen molar-refractivity contribution in [3.63, 3.8) is 0 Å². The smallest absolute Gasteiger partial charge is 0.306 e. The molecule has 19 heavy (non-hydrogen) atoms. The van der Waals surface area contributed by atoms with E-state index in [0.29, 0.717) is 12.3 Å². The maximum atomic E-state index is 13.6. The fraction of sp³-hybridized carbons (Fsp3) is 0.364. The molecule has 0 aliphatic carbocycles. The highest BCUT2D eigenvalue weighted by molar-refractivity contribution is 7.90. The molecule has 0 aliphatic rings. The Hall–Kier alpha value is -1.57. The fourth-order valence-electron chi connectivity index (χ4n) is 1.53. The fourth-order valence-corrected chi connectivity index (χ4v) is 2.36. The van der Waals surface area contributed by atoms with Crippen LogP contribution in [0.3, 0.4) is 0 Å². The quantitative estimate of drug-likeness (QED) is 0.860. The van der Waals surface area contributed by atoms with Crippen molar-refractivity contribution in [1.29, 1.82) is 0 Å². The number of halogens is 3. The molecule has 0 amide bonds. The molecule has 0 radical (unpaired) electrons. The van der Waals surface area contributed by atoms with Gasteiger partial charge in [0.2, 0.25) is 0 Å². The second kappa shape index (κ2) is 5.20. The van der Waals surface area contributed by atoms with Gasteiger partial charge in [0.15, 0.2) is 21.5 Å². The minimum Gasteiger partial charge on any atom is -0.481 e. The lowest BCUT2D eigenvalue weighted by Gasteiger charge is -2.11. The normalized spacial score (nSPS) is 13.3. The van der Waals surface area contributed by atoms with Crippen LogP contribution in [-0.4, -0.2) is 25.7 Å². The molecule has 0 heterocycles. The largest absolute Gasteiger partial charge is 0.481 e. The SMILES string of the molecule is CC(Cc1cc(F)c(S(C)(=O)=O)c(F)c1F)C(=O)O. The lowest BCUT2D eigenvalue weighted by atomic mass is 10.0. The molecule has 1 atom stereocenters. The molecule has 0 spiro atoms. The molecule has 0 aliphatic heterocycles. The number of aliphatic carboxylic acids is 1. The van der Waals surface area contributed by atoms with Crippen LogP contribution in [0, 0.1) is 23.4 Å². The Kier molecular flexibility index (Phi) is 4.24. The van der Waals surface area contributed by atoms with E-state index in [9.17, 15) is 26.4 Å². The van der Waals surface area contributed by atoms with Crippen molar-refractivity contribution < 1.29 is 31.5 Å². The van der Waals surface area contributed by atoms with Gasteiger partial charge in [0.05, 0.1) is 5.92 Å². The van der Waals surface area contributed by atoms with Gasteiger partial charge in [-0.05, 0) is 18.1 Å². The van der Waals surface area contributed by atoms with Crippen LogP contribution in [0.25, 0.3) is 0 Å². The molecule has 1 rings (SSSR count). The number of hydrogen-bond donors (Lipinski definition) is 1. The van der Waals surface area contributed by atoms with E-state index in [0.717, 1.165) is 0 Å². The lowest BCUT2D eigenvalue weighted by molar-refractivity contribution is -0.141. The molecule has 1 N–H and O–H groups in total. The second-order valence-electron chi connectivity index (χ2n) is 4.19. The topological polar surface area (TPSA) is 71.4 Å². The van der Waals surface area contributed by atoms with E-state index in [-0.39, 0.29) is 0 Å². The van der Waals surface area contributed by atoms with Crippen molar-refractivity contribution in [1.82, 2.24) is 0 Å². The van der Waals surface area contributed by atoms with E-state index in [4.69, 9.17) is 5.11 Å². The Morgan fingerprint density at radius 2 is 1.84 bits per heavy atom. The molecule has 0 aromatic heterocycles. The Bertz CT molecular complexity index is 625. The van der Waals surface area contributed by atoms with Crippen LogP contribution >= 0.6 is 0 Å². The van der Waals surface area contributed by atoms with Gasteiger partial charge < -0.3 is 5.11 Å². The number of rotatable bonds is 4. The maximum absolute atomic E-state index is 13.6. The van der Waals surface area contributed by atoms with E-state index in [1.54, 1.807) is 0 Å². The van der Waals surface area contributed by atoms with E-state index in [2.05, 4.69) is 0 Å². The molecular formula is C11H11F3O4S. The first-order chi connectivity index (χ1) is 8.55. The van der Waals surface area contributed by atoms with Crippen molar-refractivity contribution in [2.45, 2.75) is 18.2 Å². The zero-order chi connectivity index (χ0) is 15.0. The van der Waals surface area contributed by atoms with Gasteiger partial charge in [0.25, 0.3) is 0 Å². The van der Waals surface area contributed by atoms with Crippen LogP contribution in [0.4, 0.5) is 13.2 Å². The monoisotopic (exact) mass is 296 g/mol. The van der Waals surface area contributed by atoms with Gasteiger partial charge in [0, 0.05) is 6.26 Å². The number of carboxylic acids is 1. The van der Waals surface area contributed by atoms with Crippen molar-refractivity contribution >= 4 is 15.8 Å². The molecule has 8 heteroatoms. The summed E-state index contributed by atoms with van der Waals surface area (Å²) in [5, 5.41) is 8.65. The minimum absolute atomic E-state index is 0.445. The molecular weight excluding hydrogens is 285 g/mol. The first-order valence-electron chi connectivity index (χ1n) is 5.15. The summed E-state index contributed by atoms with van der Waals surface area (Å²) in [6.07, 6.45) is 0.104. The molecule has 4 nitrogen and oxygen atoms in total. The molecule has 0 saturated carbocycles. The van der Waals surface area contributed by atoms with Crippen LogP contribution in [0.5, 0.6) is 0 Å². The Balaban J connectivity index is 3.38. The van der Waals surface area contributed by atoms with Crippen molar-refractivity contribution in [3.8, 4) is 0 Å². The average Bonchev–Trinajstić information content (AvgIpc) is 2.23. The highest BCUT2D eigenvalue weighted by atomic mass is 32.2.